The van der Waals surface area contributed by atoms with Crippen LogP contribution < -0.4 is 0 Å². The van der Waals surface area contributed by atoms with Gasteiger partial charge in [-0.2, -0.15) is 0 Å². The number of hydrogen-bond acceptors (Lipinski definition) is 6. The topological polar surface area (TPSA) is 97.8 Å². The van der Waals surface area contributed by atoms with Gasteiger partial charge in [0.2, 0.25) is 15.0 Å². The largest absolute Gasteiger partial charge is 0.440 e. The van der Waals surface area contributed by atoms with Gasteiger partial charge in [0.15, 0.2) is 17.2 Å². The van der Waals surface area contributed by atoms with Crippen LogP contribution in [0.3, 0.4) is 0 Å². The molecule has 1 fully saturated rings. The van der Waals surface area contributed by atoms with Crippen LogP contribution in [0.5, 0.6) is 0 Å². The Morgan fingerprint density at radius 2 is 1.93 bits per heavy atom. The molecule has 8 nitrogen and oxygen atoms in total. The van der Waals surface area contributed by atoms with E-state index in [1.165, 1.54) is 4.40 Å². The lowest BCUT2D eigenvalue weighted by Gasteiger charge is -2.30. The summed E-state index contributed by atoms with van der Waals surface area (Å²) in [7, 11) is -3.59. The maximum atomic E-state index is 13.3. The summed E-state index contributed by atoms with van der Waals surface area (Å²) >= 11 is 0. The Hall–Kier alpha value is -3.20. The molecule has 0 aliphatic carbocycles. The van der Waals surface area contributed by atoms with Crippen LogP contribution in [0.2, 0.25) is 0 Å². The molecule has 1 atom stereocenters. The normalized spacial score (nSPS) is 17.6. The zero-order chi connectivity index (χ0) is 20.9. The molecule has 0 radical (unpaired) electrons. The van der Waals surface area contributed by atoms with Gasteiger partial charge in [0.05, 0.1) is 11.4 Å². The van der Waals surface area contributed by atoms with Crippen molar-refractivity contribution in [3.05, 3.63) is 60.2 Å². The number of nitrogens with zero attached hydrogens (tertiary/aromatic N) is 4. The number of pyridine rings is 1. The highest BCUT2D eigenvalue weighted by Gasteiger charge is 2.31. The number of rotatable bonds is 3. The summed E-state index contributed by atoms with van der Waals surface area (Å²) in [6.45, 7) is 1.03. The van der Waals surface area contributed by atoms with E-state index in [0.717, 1.165) is 30.2 Å². The number of oxazole rings is 1. The van der Waals surface area contributed by atoms with Gasteiger partial charge in [-0.05, 0) is 37.1 Å². The summed E-state index contributed by atoms with van der Waals surface area (Å²) in [6, 6.07) is 12.8. The molecule has 9 heteroatoms. The Balaban J connectivity index is 1.48. The van der Waals surface area contributed by atoms with Gasteiger partial charge < -0.3 is 9.32 Å². The number of sulfone groups is 1. The second-order valence-electron chi connectivity index (χ2n) is 7.58. The van der Waals surface area contributed by atoms with Crippen molar-refractivity contribution >= 4 is 32.4 Å². The molecule has 5 rings (SSSR count). The molecule has 154 valence electrons. The lowest BCUT2D eigenvalue weighted by Crippen LogP contribution is -2.39. The van der Waals surface area contributed by atoms with Crippen LogP contribution >= 0.6 is 0 Å². The molecule has 0 bridgehead atoms. The first kappa shape index (κ1) is 18.8. The predicted molar refractivity (Wildman–Crippen MR) is 110 cm³/mol. The van der Waals surface area contributed by atoms with E-state index in [9.17, 15) is 13.2 Å². The van der Waals surface area contributed by atoms with E-state index in [4.69, 9.17) is 4.42 Å². The Kier molecular flexibility index (Phi) is 4.35. The van der Waals surface area contributed by atoms with Crippen LogP contribution in [0, 0.1) is 0 Å². The molecule has 1 amide bonds. The molecular weight excluding hydrogens is 404 g/mol. The third-order valence-electron chi connectivity index (χ3n) is 5.42. The lowest BCUT2D eigenvalue weighted by molar-refractivity contribution is 0.0695. The van der Waals surface area contributed by atoms with Crippen LogP contribution in [0.1, 0.15) is 35.1 Å². The number of aromatic nitrogens is 3. The summed E-state index contributed by atoms with van der Waals surface area (Å²) in [5.41, 5.74) is 2.16. The number of fused-ring (bicyclic) bond motifs is 2. The average Bonchev–Trinajstić information content (AvgIpc) is 3.35. The Labute approximate surface area is 173 Å². The molecule has 30 heavy (non-hydrogen) atoms. The number of para-hydroxylation sites is 2. The van der Waals surface area contributed by atoms with Gasteiger partial charge in [0, 0.05) is 25.5 Å². The van der Waals surface area contributed by atoms with Crippen LogP contribution in [0.4, 0.5) is 0 Å². The van der Waals surface area contributed by atoms with Gasteiger partial charge in [0.25, 0.3) is 5.91 Å². The number of amides is 1. The Morgan fingerprint density at radius 3 is 2.73 bits per heavy atom. The first-order valence-corrected chi connectivity index (χ1v) is 11.6. The van der Waals surface area contributed by atoms with E-state index < -0.39 is 9.84 Å². The van der Waals surface area contributed by atoms with Crippen LogP contribution in [-0.2, 0) is 9.84 Å². The van der Waals surface area contributed by atoms with Crippen molar-refractivity contribution < 1.29 is 17.6 Å². The zero-order valence-corrected chi connectivity index (χ0v) is 17.2. The van der Waals surface area contributed by atoms with E-state index >= 15 is 0 Å². The zero-order valence-electron chi connectivity index (χ0n) is 16.4. The maximum Gasteiger partial charge on any atom is 0.274 e. The van der Waals surface area contributed by atoms with Crippen molar-refractivity contribution in [2.45, 2.75) is 23.9 Å². The minimum atomic E-state index is -3.59. The minimum Gasteiger partial charge on any atom is -0.440 e. The molecule has 1 aliphatic rings. The second-order valence-corrected chi connectivity index (χ2v) is 9.49. The smallest absolute Gasteiger partial charge is 0.274 e. The molecule has 4 heterocycles. The van der Waals surface area contributed by atoms with Gasteiger partial charge >= 0.3 is 0 Å². The van der Waals surface area contributed by atoms with Crippen molar-refractivity contribution in [1.29, 1.82) is 0 Å². The average molecular weight is 424 g/mol. The molecule has 1 unspecified atom stereocenters. The first-order valence-electron chi connectivity index (χ1n) is 9.74. The van der Waals surface area contributed by atoms with Crippen molar-refractivity contribution in [1.82, 2.24) is 19.3 Å². The van der Waals surface area contributed by atoms with Crippen molar-refractivity contribution in [3.8, 4) is 0 Å². The SMILES string of the molecule is CS(=O)(=O)c1nc(C(=O)N2CCCC(c3nc4ccccc4o3)C2)c2ccccn12. The van der Waals surface area contributed by atoms with Crippen LogP contribution in [0.25, 0.3) is 16.6 Å². The first-order chi connectivity index (χ1) is 14.4. The number of imidazole rings is 1. The van der Waals surface area contributed by atoms with E-state index in [0.29, 0.717) is 24.5 Å². The molecule has 0 saturated carbocycles. The summed E-state index contributed by atoms with van der Waals surface area (Å²) in [6.07, 6.45) is 4.37. The summed E-state index contributed by atoms with van der Waals surface area (Å²) in [5.74, 6) is 0.327. The highest BCUT2D eigenvalue weighted by Crippen LogP contribution is 2.30. The standard InChI is InChI=1S/C21H20N4O4S/c1-30(27,28)21-23-18(16-9-4-5-12-25(16)21)20(26)24-11-6-7-14(13-24)19-22-15-8-2-3-10-17(15)29-19/h2-5,8-10,12,14H,6-7,11,13H2,1H3. The fraction of sp³-hybridized carbons (Fsp3) is 0.286. The van der Waals surface area contributed by atoms with E-state index in [1.54, 1.807) is 29.3 Å². The van der Waals surface area contributed by atoms with Gasteiger partial charge in [-0.1, -0.05) is 18.2 Å². The van der Waals surface area contributed by atoms with Gasteiger partial charge in [-0.3, -0.25) is 9.20 Å². The third-order valence-corrected chi connectivity index (χ3v) is 6.37. The molecule has 1 saturated heterocycles. The second kappa shape index (κ2) is 6.94. The number of benzene rings is 1. The fourth-order valence-corrected chi connectivity index (χ4v) is 4.78. The monoisotopic (exact) mass is 424 g/mol. The fourth-order valence-electron chi connectivity index (χ4n) is 4.01. The maximum absolute atomic E-state index is 13.3. The highest BCUT2D eigenvalue weighted by atomic mass is 32.2. The summed E-state index contributed by atoms with van der Waals surface area (Å²) in [5, 5.41) is -0.131. The van der Waals surface area contributed by atoms with E-state index in [2.05, 4.69) is 9.97 Å². The number of piperidine rings is 1. The molecule has 3 aromatic heterocycles. The molecule has 0 N–H and O–H groups in total. The van der Waals surface area contributed by atoms with Crippen LogP contribution in [-0.4, -0.2) is 52.9 Å². The molecular formula is C21H20N4O4S. The van der Waals surface area contributed by atoms with E-state index in [-0.39, 0.29) is 22.7 Å². The van der Waals surface area contributed by atoms with E-state index in [1.807, 2.05) is 24.3 Å². The van der Waals surface area contributed by atoms with Gasteiger partial charge in [-0.25, -0.2) is 18.4 Å². The Bertz CT molecular complexity index is 1340. The highest BCUT2D eigenvalue weighted by molar-refractivity contribution is 7.90. The Morgan fingerprint density at radius 1 is 1.13 bits per heavy atom. The quantitative estimate of drug-likeness (QED) is 0.502. The molecule has 0 spiro atoms. The molecule has 1 aromatic carbocycles. The minimum absolute atomic E-state index is 0.0154. The van der Waals surface area contributed by atoms with Gasteiger partial charge in [0.1, 0.15) is 5.52 Å². The van der Waals surface area contributed by atoms with Crippen molar-refractivity contribution in [2.24, 2.45) is 0 Å². The number of carbonyl (C=O) groups is 1. The lowest BCUT2D eigenvalue weighted by atomic mass is 9.97. The van der Waals surface area contributed by atoms with Crippen molar-refractivity contribution in [2.75, 3.05) is 19.3 Å². The summed E-state index contributed by atoms with van der Waals surface area (Å²) < 4.78 is 31.7. The van der Waals surface area contributed by atoms with Crippen LogP contribution in [0.15, 0.2) is 58.2 Å². The number of hydrogen-bond donors (Lipinski definition) is 0. The van der Waals surface area contributed by atoms with Gasteiger partial charge in [-0.15, -0.1) is 0 Å². The number of carbonyl (C=O) groups excluding carboxylic acids is 1. The summed E-state index contributed by atoms with van der Waals surface area (Å²) in [4.78, 5) is 23.8. The molecule has 1 aliphatic heterocycles. The number of likely N-dealkylation sites (tertiary alicyclic amines) is 1. The third kappa shape index (κ3) is 3.15. The molecule has 4 aromatic rings. The van der Waals surface area contributed by atoms with Crippen molar-refractivity contribution in [3.63, 3.8) is 0 Å². The predicted octanol–water partition coefficient (Wildman–Crippen LogP) is 2.90.